The van der Waals surface area contributed by atoms with Crippen LogP contribution in [-0.4, -0.2) is 31.8 Å². The minimum absolute atomic E-state index is 0. The van der Waals surface area contributed by atoms with Gasteiger partial charge in [0.15, 0.2) is 5.96 Å². The number of ether oxygens (including phenoxy) is 2. The predicted octanol–water partition coefficient (Wildman–Crippen LogP) is 4.12. The molecule has 0 aliphatic carbocycles. The van der Waals surface area contributed by atoms with E-state index in [0.29, 0.717) is 13.2 Å². The van der Waals surface area contributed by atoms with Crippen molar-refractivity contribution in [2.24, 2.45) is 4.99 Å². The average molecular weight is 495 g/mol. The molecule has 0 spiro atoms. The van der Waals surface area contributed by atoms with Crippen molar-refractivity contribution in [3.8, 4) is 5.75 Å². The highest BCUT2D eigenvalue weighted by atomic mass is 127. The zero-order valence-corrected chi connectivity index (χ0v) is 18.9. The Morgan fingerprint density at radius 3 is 2.46 bits per heavy atom. The molecular weight excluding hydrogens is 465 g/mol. The molecule has 152 valence electrons. The van der Waals surface area contributed by atoms with E-state index in [1.54, 1.807) is 7.05 Å². The van der Waals surface area contributed by atoms with E-state index in [0.717, 1.165) is 43.3 Å². The molecule has 1 aliphatic rings. The summed E-state index contributed by atoms with van der Waals surface area (Å²) in [5.41, 5.74) is 2.26. The molecule has 1 heterocycles. The standard InChI is InChI=1S/C22H29N3O2.HI/c1-22(13-8-14-27-22)17-25-21(23-2)24-15-18-9-6-7-10-19(18)16-26-20-11-4-3-5-12-20;/h3-7,9-12H,8,13-17H2,1-2H3,(H2,23,24,25);1H. The molecule has 0 aromatic heterocycles. The first kappa shape index (κ1) is 22.5. The Hall–Kier alpha value is -1.80. The first-order chi connectivity index (χ1) is 13.2. The van der Waals surface area contributed by atoms with Crippen LogP contribution in [0.4, 0.5) is 0 Å². The SMILES string of the molecule is CN=C(NCc1ccccc1COc1ccccc1)NCC1(C)CCCO1.I. The van der Waals surface area contributed by atoms with Crippen LogP contribution in [0.3, 0.4) is 0 Å². The highest BCUT2D eigenvalue weighted by Gasteiger charge is 2.29. The van der Waals surface area contributed by atoms with Crippen LogP contribution in [-0.2, 0) is 17.9 Å². The number of para-hydroxylation sites is 1. The summed E-state index contributed by atoms with van der Waals surface area (Å²) in [5.74, 6) is 1.66. The average Bonchev–Trinajstić information content (AvgIpc) is 3.15. The van der Waals surface area contributed by atoms with Gasteiger partial charge in [-0.2, -0.15) is 0 Å². The maximum atomic E-state index is 5.90. The van der Waals surface area contributed by atoms with Gasteiger partial charge in [-0.3, -0.25) is 4.99 Å². The minimum Gasteiger partial charge on any atom is -0.489 e. The van der Waals surface area contributed by atoms with Crippen molar-refractivity contribution in [1.29, 1.82) is 0 Å². The van der Waals surface area contributed by atoms with Crippen LogP contribution in [0.5, 0.6) is 5.75 Å². The minimum atomic E-state index is -0.0982. The number of aliphatic imine (C=N–C) groups is 1. The monoisotopic (exact) mass is 495 g/mol. The van der Waals surface area contributed by atoms with Crippen molar-refractivity contribution in [3.63, 3.8) is 0 Å². The lowest BCUT2D eigenvalue weighted by Gasteiger charge is -2.24. The molecule has 0 saturated carbocycles. The van der Waals surface area contributed by atoms with E-state index in [2.05, 4.69) is 34.7 Å². The lowest BCUT2D eigenvalue weighted by atomic mass is 10.0. The maximum Gasteiger partial charge on any atom is 0.191 e. The summed E-state index contributed by atoms with van der Waals surface area (Å²) in [6.45, 7) is 4.98. The Morgan fingerprint density at radius 1 is 1.07 bits per heavy atom. The topological polar surface area (TPSA) is 54.9 Å². The van der Waals surface area contributed by atoms with Crippen molar-refractivity contribution >= 4 is 29.9 Å². The number of benzene rings is 2. The van der Waals surface area contributed by atoms with E-state index in [-0.39, 0.29) is 29.6 Å². The molecule has 0 amide bonds. The van der Waals surface area contributed by atoms with E-state index in [1.807, 2.05) is 42.5 Å². The van der Waals surface area contributed by atoms with Crippen LogP contribution in [0.1, 0.15) is 30.9 Å². The van der Waals surface area contributed by atoms with Crippen LogP contribution >= 0.6 is 24.0 Å². The maximum absolute atomic E-state index is 5.90. The summed E-state index contributed by atoms with van der Waals surface area (Å²) in [4.78, 5) is 4.33. The van der Waals surface area contributed by atoms with Crippen molar-refractivity contribution in [2.45, 2.75) is 38.5 Å². The second-order valence-electron chi connectivity index (χ2n) is 7.05. The molecule has 2 N–H and O–H groups in total. The van der Waals surface area contributed by atoms with Crippen molar-refractivity contribution in [3.05, 3.63) is 65.7 Å². The van der Waals surface area contributed by atoms with Gasteiger partial charge in [-0.1, -0.05) is 42.5 Å². The molecular formula is C22H30IN3O2. The third kappa shape index (κ3) is 6.67. The van der Waals surface area contributed by atoms with Gasteiger partial charge in [-0.15, -0.1) is 24.0 Å². The molecule has 1 atom stereocenters. The van der Waals surface area contributed by atoms with Gasteiger partial charge in [-0.05, 0) is 43.0 Å². The number of nitrogens with one attached hydrogen (secondary N) is 2. The quantitative estimate of drug-likeness (QED) is 0.345. The Balaban J connectivity index is 0.00000280. The molecule has 3 rings (SSSR count). The van der Waals surface area contributed by atoms with E-state index >= 15 is 0 Å². The van der Waals surface area contributed by atoms with Gasteiger partial charge in [0, 0.05) is 26.7 Å². The fourth-order valence-electron chi connectivity index (χ4n) is 3.20. The highest BCUT2D eigenvalue weighted by molar-refractivity contribution is 14.0. The zero-order valence-electron chi connectivity index (χ0n) is 16.6. The number of hydrogen-bond acceptors (Lipinski definition) is 3. The first-order valence-electron chi connectivity index (χ1n) is 9.52. The molecule has 2 aromatic carbocycles. The summed E-state index contributed by atoms with van der Waals surface area (Å²) in [6.07, 6.45) is 2.20. The summed E-state index contributed by atoms with van der Waals surface area (Å²) < 4.78 is 11.7. The smallest absolute Gasteiger partial charge is 0.191 e. The molecule has 28 heavy (non-hydrogen) atoms. The Kier molecular flexibility index (Phi) is 9.05. The third-order valence-electron chi connectivity index (χ3n) is 4.86. The third-order valence-corrected chi connectivity index (χ3v) is 4.86. The van der Waals surface area contributed by atoms with Gasteiger partial charge in [0.1, 0.15) is 12.4 Å². The van der Waals surface area contributed by atoms with E-state index in [1.165, 1.54) is 5.56 Å². The Morgan fingerprint density at radius 2 is 1.79 bits per heavy atom. The first-order valence-corrected chi connectivity index (χ1v) is 9.52. The largest absolute Gasteiger partial charge is 0.489 e. The molecule has 1 aliphatic heterocycles. The van der Waals surface area contributed by atoms with Gasteiger partial charge in [0.2, 0.25) is 0 Å². The van der Waals surface area contributed by atoms with Crippen molar-refractivity contribution in [2.75, 3.05) is 20.2 Å². The molecule has 5 nitrogen and oxygen atoms in total. The van der Waals surface area contributed by atoms with Gasteiger partial charge < -0.3 is 20.1 Å². The molecule has 1 fully saturated rings. The van der Waals surface area contributed by atoms with Crippen LogP contribution in [0.25, 0.3) is 0 Å². The normalized spacial score (nSPS) is 19.0. The molecule has 1 unspecified atom stereocenters. The Bertz CT molecular complexity index is 746. The predicted molar refractivity (Wildman–Crippen MR) is 124 cm³/mol. The lowest BCUT2D eigenvalue weighted by molar-refractivity contribution is 0.0243. The summed E-state index contributed by atoms with van der Waals surface area (Å²) >= 11 is 0. The fraction of sp³-hybridized carbons (Fsp3) is 0.409. The van der Waals surface area contributed by atoms with Gasteiger partial charge in [0.05, 0.1) is 5.60 Å². The summed E-state index contributed by atoms with van der Waals surface area (Å²) in [7, 11) is 1.79. The summed E-state index contributed by atoms with van der Waals surface area (Å²) in [5, 5.41) is 6.78. The van der Waals surface area contributed by atoms with Gasteiger partial charge in [-0.25, -0.2) is 0 Å². The molecule has 6 heteroatoms. The lowest BCUT2D eigenvalue weighted by Crippen LogP contribution is -2.45. The van der Waals surface area contributed by atoms with Gasteiger partial charge >= 0.3 is 0 Å². The molecule has 2 aromatic rings. The van der Waals surface area contributed by atoms with Crippen molar-refractivity contribution < 1.29 is 9.47 Å². The van der Waals surface area contributed by atoms with Gasteiger partial charge in [0.25, 0.3) is 0 Å². The molecule has 0 bridgehead atoms. The number of nitrogens with zero attached hydrogens (tertiary/aromatic N) is 1. The Labute approximate surface area is 184 Å². The van der Waals surface area contributed by atoms with Crippen LogP contribution < -0.4 is 15.4 Å². The van der Waals surface area contributed by atoms with E-state index in [4.69, 9.17) is 9.47 Å². The van der Waals surface area contributed by atoms with E-state index in [9.17, 15) is 0 Å². The number of hydrogen-bond donors (Lipinski definition) is 2. The number of guanidine groups is 1. The van der Waals surface area contributed by atoms with Crippen LogP contribution in [0, 0.1) is 0 Å². The fourth-order valence-corrected chi connectivity index (χ4v) is 3.20. The highest BCUT2D eigenvalue weighted by Crippen LogP contribution is 2.23. The molecule has 1 saturated heterocycles. The zero-order chi connectivity index (χ0) is 19.0. The second kappa shape index (κ2) is 11.3. The second-order valence-corrected chi connectivity index (χ2v) is 7.05. The van der Waals surface area contributed by atoms with Crippen molar-refractivity contribution in [1.82, 2.24) is 10.6 Å². The molecule has 0 radical (unpaired) electrons. The number of rotatable bonds is 7. The van der Waals surface area contributed by atoms with E-state index < -0.39 is 0 Å². The van der Waals surface area contributed by atoms with Crippen LogP contribution in [0.2, 0.25) is 0 Å². The summed E-state index contributed by atoms with van der Waals surface area (Å²) in [6, 6.07) is 18.2. The number of halogens is 1. The van der Waals surface area contributed by atoms with Crippen LogP contribution in [0.15, 0.2) is 59.6 Å².